The van der Waals surface area contributed by atoms with Crippen molar-refractivity contribution < 1.29 is 5.11 Å². The smallest absolute Gasteiger partial charge is 0.0669 e. The fourth-order valence-electron chi connectivity index (χ4n) is 3.59. The van der Waals surface area contributed by atoms with Crippen molar-refractivity contribution in [2.45, 2.75) is 52.6 Å². The van der Waals surface area contributed by atoms with Crippen molar-refractivity contribution in [1.82, 2.24) is 19.6 Å². The lowest BCUT2D eigenvalue weighted by Gasteiger charge is -2.38. The summed E-state index contributed by atoms with van der Waals surface area (Å²) in [6.07, 6.45) is 3.08. The van der Waals surface area contributed by atoms with Crippen LogP contribution in [0.2, 0.25) is 0 Å². The lowest BCUT2D eigenvalue weighted by atomic mass is 10.1. The van der Waals surface area contributed by atoms with Gasteiger partial charge in [0, 0.05) is 57.1 Å². The minimum Gasteiger partial charge on any atom is -0.395 e. The van der Waals surface area contributed by atoms with Crippen molar-refractivity contribution >= 4 is 0 Å². The monoisotopic (exact) mass is 308 g/mol. The Bertz CT molecular complexity index is 459. The molecule has 1 N–H and O–H groups in total. The van der Waals surface area contributed by atoms with Gasteiger partial charge in [-0.1, -0.05) is 20.8 Å². The van der Waals surface area contributed by atoms with E-state index in [2.05, 4.69) is 47.4 Å². The van der Waals surface area contributed by atoms with Gasteiger partial charge in [-0.25, -0.2) is 0 Å². The van der Waals surface area contributed by atoms with E-state index < -0.39 is 0 Å². The highest BCUT2D eigenvalue weighted by Crippen LogP contribution is 2.19. The van der Waals surface area contributed by atoms with E-state index in [0.29, 0.717) is 6.04 Å². The normalized spacial score (nSPS) is 18.8. The molecule has 2 heterocycles. The van der Waals surface area contributed by atoms with E-state index in [1.807, 2.05) is 0 Å². The molecule has 0 radical (unpaired) electrons. The second-order valence-electron chi connectivity index (χ2n) is 6.26. The van der Waals surface area contributed by atoms with Gasteiger partial charge in [-0.2, -0.15) is 5.10 Å². The van der Waals surface area contributed by atoms with E-state index in [0.717, 1.165) is 52.0 Å². The molecule has 5 heteroatoms. The van der Waals surface area contributed by atoms with Crippen molar-refractivity contribution in [2.75, 3.05) is 32.8 Å². The van der Waals surface area contributed by atoms with Crippen LogP contribution in [0.25, 0.3) is 0 Å². The Kier molecular flexibility index (Phi) is 6.41. The molecule has 0 aromatic carbocycles. The number of hydrogen-bond acceptors (Lipinski definition) is 4. The van der Waals surface area contributed by atoms with E-state index in [1.54, 1.807) is 0 Å². The number of aliphatic hydroxyl groups excluding tert-OH is 1. The van der Waals surface area contributed by atoms with E-state index in [-0.39, 0.29) is 6.61 Å². The fraction of sp³-hybridized carbons (Fsp3) is 0.824. The van der Waals surface area contributed by atoms with Gasteiger partial charge in [0.05, 0.1) is 12.3 Å². The Balaban J connectivity index is 1.99. The zero-order chi connectivity index (χ0) is 16.1. The maximum atomic E-state index is 9.45. The Hall–Kier alpha value is -0.910. The molecule has 1 aliphatic rings. The van der Waals surface area contributed by atoms with Crippen LogP contribution in [0.15, 0.2) is 0 Å². The summed E-state index contributed by atoms with van der Waals surface area (Å²) in [6.45, 7) is 12.1. The summed E-state index contributed by atoms with van der Waals surface area (Å²) in [4.78, 5) is 4.97. The lowest BCUT2D eigenvalue weighted by molar-refractivity contribution is 0.0606. The largest absolute Gasteiger partial charge is 0.395 e. The van der Waals surface area contributed by atoms with Crippen LogP contribution in [0.3, 0.4) is 0 Å². The van der Waals surface area contributed by atoms with Crippen LogP contribution in [0.1, 0.15) is 44.1 Å². The molecule has 0 spiro atoms. The molecule has 0 saturated carbocycles. The van der Waals surface area contributed by atoms with Crippen molar-refractivity contribution in [2.24, 2.45) is 7.05 Å². The highest BCUT2D eigenvalue weighted by atomic mass is 16.3. The van der Waals surface area contributed by atoms with Crippen molar-refractivity contribution in [3.63, 3.8) is 0 Å². The molecule has 1 fully saturated rings. The van der Waals surface area contributed by atoms with Gasteiger partial charge < -0.3 is 5.11 Å². The molecule has 126 valence electrons. The van der Waals surface area contributed by atoms with Gasteiger partial charge in [0.1, 0.15) is 0 Å². The molecular formula is C17H32N4O. The van der Waals surface area contributed by atoms with Crippen LogP contribution in [0, 0.1) is 0 Å². The predicted molar refractivity (Wildman–Crippen MR) is 90.0 cm³/mol. The third-order valence-electron chi connectivity index (χ3n) is 5.01. The molecule has 5 nitrogen and oxygen atoms in total. The second-order valence-corrected chi connectivity index (χ2v) is 6.26. The molecule has 1 saturated heterocycles. The summed E-state index contributed by atoms with van der Waals surface area (Å²) in [5, 5.41) is 14.1. The topological polar surface area (TPSA) is 44.5 Å². The van der Waals surface area contributed by atoms with E-state index >= 15 is 0 Å². The standard InChI is InChI=1S/C17H32N4O/c1-5-14(13-22)21-10-8-20(9-11-21)12-15-16(6-2)18-19(4)17(15)7-3/h14,22H,5-13H2,1-4H3. The quantitative estimate of drug-likeness (QED) is 0.828. The van der Waals surface area contributed by atoms with E-state index in [4.69, 9.17) is 0 Å². The molecule has 0 aliphatic carbocycles. The Morgan fingerprint density at radius 1 is 1.09 bits per heavy atom. The van der Waals surface area contributed by atoms with Gasteiger partial charge >= 0.3 is 0 Å². The summed E-state index contributed by atoms with van der Waals surface area (Å²) < 4.78 is 2.06. The average molecular weight is 308 g/mol. The average Bonchev–Trinajstić information content (AvgIpc) is 2.85. The van der Waals surface area contributed by atoms with Crippen molar-refractivity contribution in [3.8, 4) is 0 Å². The van der Waals surface area contributed by atoms with Gasteiger partial charge in [-0.05, 0) is 19.3 Å². The van der Waals surface area contributed by atoms with E-state index in [1.165, 1.54) is 17.0 Å². The van der Waals surface area contributed by atoms with Crippen LogP contribution < -0.4 is 0 Å². The highest BCUT2D eigenvalue weighted by molar-refractivity contribution is 5.26. The Labute approximate surface area is 134 Å². The first kappa shape index (κ1) is 17.4. The summed E-state index contributed by atoms with van der Waals surface area (Å²) in [6, 6.07) is 0.331. The van der Waals surface area contributed by atoms with Crippen molar-refractivity contribution in [3.05, 3.63) is 17.0 Å². The number of aliphatic hydroxyl groups is 1. The zero-order valence-electron chi connectivity index (χ0n) is 14.7. The molecule has 2 rings (SSSR count). The molecule has 22 heavy (non-hydrogen) atoms. The Morgan fingerprint density at radius 2 is 1.77 bits per heavy atom. The maximum absolute atomic E-state index is 9.45. The zero-order valence-corrected chi connectivity index (χ0v) is 14.7. The summed E-state index contributed by atoms with van der Waals surface area (Å²) in [5.74, 6) is 0. The van der Waals surface area contributed by atoms with Crippen LogP contribution >= 0.6 is 0 Å². The number of hydrogen-bond donors (Lipinski definition) is 1. The number of rotatable bonds is 7. The lowest BCUT2D eigenvalue weighted by Crippen LogP contribution is -2.50. The van der Waals surface area contributed by atoms with Crippen LogP contribution in [0.5, 0.6) is 0 Å². The third-order valence-corrected chi connectivity index (χ3v) is 5.01. The molecule has 0 amide bonds. The van der Waals surface area contributed by atoms with Gasteiger partial charge in [-0.3, -0.25) is 14.5 Å². The minimum atomic E-state index is 0.277. The first-order chi connectivity index (χ1) is 10.6. The number of piperazine rings is 1. The summed E-state index contributed by atoms with van der Waals surface area (Å²) >= 11 is 0. The number of aryl methyl sites for hydroxylation is 2. The first-order valence-corrected chi connectivity index (χ1v) is 8.75. The first-order valence-electron chi connectivity index (χ1n) is 8.75. The molecule has 1 aromatic rings. The van der Waals surface area contributed by atoms with Gasteiger partial charge in [0.25, 0.3) is 0 Å². The molecule has 1 aliphatic heterocycles. The van der Waals surface area contributed by atoms with E-state index in [9.17, 15) is 5.11 Å². The molecule has 0 bridgehead atoms. The predicted octanol–water partition coefficient (Wildman–Crippen LogP) is 1.43. The summed E-state index contributed by atoms with van der Waals surface area (Å²) in [7, 11) is 2.06. The van der Waals surface area contributed by atoms with Gasteiger partial charge in [0.15, 0.2) is 0 Å². The third kappa shape index (κ3) is 3.70. The SMILES string of the molecule is CCc1nn(C)c(CC)c1CN1CCN(C(CC)CO)CC1. The van der Waals surface area contributed by atoms with Crippen LogP contribution in [-0.2, 0) is 26.4 Å². The molecule has 1 unspecified atom stereocenters. The fourth-order valence-corrected chi connectivity index (χ4v) is 3.59. The molecule has 1 atom stereocenters. The van der Waals surface area contributed by atoms with Crippen LogP contribution in [0.4, 0.5) is 0 Å². The number of aromatic nitrogens is 2. The maximum Gasteiger partial charge on any atom is 0.0669 e. The molecular weight excluding hydrogens is 276 g/mol. The van der Waals surface area contributed by atoms with Crippen molar-refractivity contribution in [1.29, 1.82) is 0 Å². The van der Waals surface area contributed by atoms with Crippen LogP contribution in [-0.4, -0.2) is 63.5 Å². The summed E-state index contributed by atoms with van der Waals surface area (Å²) in [5.41, 5.74) is 4.07. The Morgan fingerprint density at radius 3 is 2.27 bits per heavy atom. The minimum absolute atomic E-state index is 0.277. The second kappa shape index (κ2) is 8.09. The highest BCUT2D eigenvalue weighted by Gasteiger charge is 2.24. The molecule has 1 aromatic heterocycles. The number of nitrogens with zero attached hydrogens (tertiary/aromatic N) is 4. The van der Waals surface area contributed by atoms with Gasteiger partial charge in [-0.15, -0.1) is 0 Å². The van der Waals surface area contributed by atoms with Gasteiger partial charge in [0.2, 0.25) is 0 Å².